The Kier molecular flexibility index (Phi) is 4.10. The maximum Gasteiger partial charge on any atom is 0.307 e. The number of rotatable bonds is 6. The Hall–Kier alpha value is -3.43. The number of hydrogen-bond acceptors (Lipinski definition) is 6. The van der Waals surface area contributed by atoms with Gasteiger partial charge in [0.1, 0.15) is 18.2 Å². The molecule has 24 heavy (non-hydrogen) atoms. The highest BCUT2D eigenvalue weighted by Gasteiger charge is 2.13. The normalized spacial score (nSPS) is 10.7. The summed E-state index contributed by atoms with van der Waals surface area (Å²) in [5, 5.41) is 21.4. The van der Waals surface area contributed by atoms with Crippen LogP contribution >= 0.6 is 0 Å². The van der Waals surface area contributed by atoms with Crippen LogP contribution in [0.25, 0.3) is 0 Å². The van der Waals surface area contributed by atoms with Crippen LogP contribution in [-0.4, -0.2) is 30.4 Å². The first kappa shape index (κ1) is 15.5. The molecule has 1 amide bonds. The van der Waals surface area contributed by atoms with Crippen LogP contribution in [0.1, 0.15) is 22.0 Å². The Bertz CT molecular complexity index is 877. The Balaban J connectivity index is 1.59. The molecule has 0 spiro atoms. The molecule has 10 nitrogen and oxygen atoms in total. The quantitative estimate of drug-likeness (QED) is 0.533. The van der Waals surface area contributed by atoms with Gasteiger partial charge >= 0.3 is 5.69 Å². The van der Waals surface area contributed by atoms with Crippen molar-refractivity contribution in [3.63, 3.8) is 0 Å². The van der Waals surface area contributed by atoms with Crippen LogP contribution in [0.15, 0.2) is 41.2 Å². The summed E-state index contributed by atoms with van der Waals surface area (Å²) in [6, 6.07) is 4.97. The first-order valence-electron chi connectivity index (χ1n) is 7.03. The summed E-state index contributed by atoms with van der Waals surface area (Å²) in [5.74, 6) is 0.261. The second-order valence-corrected chi connectivity index (χ2v) is 5.08. The zero-order valence-corrected chi connectivity index (χ0v) is 12.7. The fourth-order valence-corrected chi connectivity index (χ4v) is 2.09. The number of carbonyl (C=O) groups excluding carboxylic acids is 1. The lowest BCUT2D eigenvalue weighted by atomic mass is 10.4. The van der Waals surface area contributed by atoms with Crippen LogP contribution in [-0.2, 0) is 20.1 Å². The third-order valence-electron chi connectivity index (χ3n) is 3.23. The number of nitro groups is 1. The van der Waals surface area contributed by atoms with Crippen LogP contribution in [0.2, 0.25) is 0 Å². The molecule has 3 aromatic rings. The third kappa shape index (κ3) is 3.48. The molecule has 0 aliphatic rings. The van der Waals surface area contributed by atoms with E-state index in [0.29, 0.717) is 12.3 Å². The fourth-order valence-electron chi connectivity index (χ4n) is 2.09. The molecule has 1 N–H and O–H groups in total. The number of nitrogens with zero attached hydrogens (tertiary/aromatic N) is 5. The van der Waals surface area contributed by atoms with Gasteiger partial charge in [-0.2, -0.15) is 10.2 Å². The first-order valence-corrected chi connectivity index (χ1v) is 7.03. The van der Waals surface area contributed by atoms with Gasteiger partial charge in [-0.15, -0.1) is 0 Å². The highest BCUT2D eigenvalue weighted by atomic mass is 16.6. The molecule has 0 unspecified atom stereocenters. The topological polar surface area (TPSA) is 121 Å². The molecule has 0 aliphatic heterocycles. The van der Waals surface area contributed by atoms with E-state index in [-0.39, 0.29) is 23.9 Å². The van der Waals surface area contributed by atoms with Crippen molar-refractivity contribution in [3.8, 4) is 0 Å². The molecule has 3 aromatic heterocycles. The van der Waals surface area contributed by atoms with Crippen LogP contribution in [0.4, 0.5) is 5.69 Å². The molecule has 0 saturated heterocycles. The number of amides is 1. The zero-order valence-electron chi connectivity index (χ0n) is 12.7. The zero-order chi connectivity index (χ0) is 17.1. The summed E-state index contributed by atoms with van der Waals surface area (Å²) in [7, 11) is 1.80. The van der Waals surface area contributed by atoms with E-state index in [1.54, 1.807) is 36.1 Å². The molecule has 3 rings (SSSR count). The van der Waals surface area contributed by atoms with Crippen LogP contribution in [0, 0.1) is 10.1 Å². The van der Waals surface area contributed by atoms with E-state index in [2.05, 4.69) is 15.5 Å². The second-order valence-electron chi connectivity index (χ2n) is 5.08. The molecule has 0 bridgehead atoms. The first-order chi connectivity index (χ1) is 11.5. The maximum absolute atomic E-state index is 12.0. The molecule has 124 valence electrons. The number of furan rings is 1. The van der Waals surface area contributed by atoms with Gasteiger partial charge in [0, 0.05) is 13.2 Å². The number of nitrogens with one attached hydrogen (secondary N) is 1. The molecule has 3 heterocycles. The van der Waals surface area contributed by atoms with Gasteiger partial charge in [0.05, 0.1) is 23.7 Å². The van der Waals surface area contributed by atoms with Crippen molar-refractivity contribution in [2.24, 2.45) is 7.05 Å². The van der Waals surface area contributed by atoms with E-state index >= 15 is 0 Å². The van der Waals surface area contributed by atoms with Crippen molar-refractivity contribution in [1.82, 2.24) is 24.9 Å². The lowest BCUT2D eigenvalue weighted by Crippen LogP contribution is -2.22. The van der Waals surface area contributed by atoms with Crippen molar-refractivity contribution in [2.75, 3.05) is 0 Å². The SMILES string of the molecule is Cn1ccc(CNC(=O)c2ccc(Cn3cc([N+](=O)[O-])cn3)o2)n1. The van der Waals surface area contributed by atoms with E-state index in [9.17, 15) is 14.9 Å². The molecule has 0 saturated carbocycles. The summed E-state index contributed by atoms with van der Waals surface area (Å²) in [6.07, 6.45) is 4.24. The predicted molar refractivity (Wildman–Crippen MR) is 81.1 cm³/mol. The van der Waals surface area contributed by atoms with Gasteiger partial charge in [0.25, 0.3) is 5.91 Å². The fraction of sp³-hybridized carbons (Fsp3) is 0.214. The van der Waals surface area contributed by atoms with E-state index in [1.165, 1.54) is 10.9 Å². The van der Waals surface area contributed by atoms with E-state index in [1.807, 2.05) is 0 Å². The minimum Gasteiger partial charge on any atom is -0.454 e. The molecule has 0 aliphatic carbocycles. The molecular weight excluding hydrogens is 316 g/mol. The predicted octanol–water partition coefficient (Wildman–Crippen LogP) is 1.10. The highest BCUT2D eigenvalue weighted by Crippen LogP contribution is 2.13. The summed E-state index contributed by atoms with van der Waals surface area (Å²) >= 11 is 0. The smallest absolute Gasteiger partial charge is 0.307 e. The second kappa shape index (κ2) is 6.36. The summed E-state index contributed by atoms with van der Waals surface area (Å²) in [5.41, 5.74) is 0.636. The molecule has 10 heteroatoms. The Labute approximate surface area is 135 Å². The monoisotopic (exact) mass is 330 g/mol. The third-order valence-corrected chi connectivity index (χ3v) is 3.23. The Morgan fingerprint density at radius 2 is 2.25 bits per heavy atom. The lowest BCUT2D eigenvalue weighted by Gasteiger charge is -2.00. The summed E-state index contributed by atoms with van der Waals surface area (Å²) in [4.78, 5) is 22.1. The van der Waals surface area contributed by atoms with Gasteiger partial charge in [-0.3, -0.25) is 24.3 Å². The van der Waals surface area contributed by atoms with Gasteiger partial charge in [-0.1, -0.05) is 0 Å². The van der Waals surface area contributed by atoms with Crippen molar-refractivity contribution < 1.29 is 14.1 Å². The van der Waals surface area contributed by atoms with E-state index in [0.717, 1.165) is 11.9 Å². The minimum atomic E-state index is -0.526. The number of aryl methyl sites for hydroxylation is 1. The average molecular weight is 330 g/mol. The van der Waals surface area contributed by atoms with E-state index in [4.69, 9.17) is 4.42 Å². The van der Waals surface area contributed by atoms with Crippen LogP contribution in [0.3, 0.4) is 0 Å². The summed E-state index contributed by atoms with van der Waals surface area (Å²) in [6.45, 7) is 0.489. The molecule has 0 atom stereocenters. The molecular formula is C14H14N6O4. The Morgan fingerprint density at radius 3 is 2.92 bits per heavy atom. The van der Waals surface area contributed by atoms with Crippen molar-refractivity contribution in [2.45, 2.75) is 13.1 Å². The molecule has 0 aromatic carbocycles. The largest absolute Gasteiger partial charge is 0.454 e. The number of hydrogen-bond donors (Lipinski definition) is 1. The van der Waals surface area contributed by atoms with Crippen LogP contribution in [0.5, 0.6) is 0 Å². The van der Waals surface area contributed by atoms with Gasteiger partial charge < -0.3 is 9.73 Å². The highest BCUT2D eigenvalue weighted by molar-refractivity contribution is 5.91. The van der Waals surface area contributed by atoms with E-state index < -0.39 is 4.92 Å². The lowest BCUT2D eigenvalue weighted by molar-refractivity contribution is -0.385. The standard InChI is InChI=1S/C14H14N6O4/c1-18-5-4-10(17-18)6-15-14(21)13-3-2-12(24-13)9-19-8-11(7-16-19)20(22)23/h2-5,7-8H,6,9H2,1H3,(H,15,21). The minimum absolute atomic E-state index is 0.102. The molecule has 0 radical (unpaired) electrons. The average Bonchev–Trinajstić information content (AvgIpc) is 3.26. The number of aromatic nitrogens is 4. The molecule has 0 fully saturated rings. The van der Waals surface area contributed by atoms with Crippen molar-refractivity contribution in [3.05, 3.63) is 64.1 Å². The van der Waals surface area contributed by atoms with Crippen LogP contribution < -0.4 is 5.32 Å². The van der Waals surface area contributed by atoms with Crippen molar-refractivity contribution in [1.29, 1.82) is 0 Å². The summed E-state index contributed by atoms with van der Waals surface area (Å²) < 4.78 is 8.46. The Morgan fingerprint density at radius 1 is 1.42 bits per heavy atom. The van der Waals surface area contributed by atoms with Gasteiger partial charge in [-0.05, 0) is 18.2 Å². The van der Waals surface area contributed by atoms with Crippen molar-refractivity contribution >= 4 is 11.6 Å². The van der Waals surface area contributed by atoms with Gasteiger partial charge in [0.2, 0.25) is 0 Å². The number of carbonyl (C=O) groups is 1. The van der Waals surface area contributed by atoms with Gasteiger partial charge in [0.15, 0.2) is 5.76 Å². The maximum atomic E-state index is 12.0. The van der Waals surface area contributed by atoms with Gasteiger partial charge in [-0.25, -0.2) is 0 Å².